The number of ketones is 1. The number of allylic oxidation sites excluding steroid dienone is 2. The molecule has 0 spiro atoms. The quantitative estimate of drug-likeness (QED) is 0.740. The van der Waals surface area contributed by atoms with Gasteiger partial charge in [-0.25, -0.2) is 0 Å². The summed E-state index contributed by atoms with van der Waals surface area (Å²) >= 11 is 0. The van der Waals surface area contributed by atoms with Crippen molar-refractivity contribution in [1.29, 1.82) is 0 Å². The molecule has 0 amide bonds. The second kappa shape index (κ2) is 6.66. The van der Waals surface area contributed by atoms with Gasteiger partial charge in [0, 0.05) is 24.4 Å². The predicted molar refractivity (Wildman–Crippen MR) is 93.5 cm³/mol. The van der Waals surface area contributed by atoms with E-state index in [-0.39, 0.29) is 11.7 Å². The summed E-state index contributed by atoms with van der Waals surface area (Å²) in [4.78, 5) is 14.4. The van der Waals surface area contributed by atoms with Crippen LogP contribution in [0.4, 0.5) is 0 Å². The van der Waals surface area contributed by atoms with E-state index in [1.54, 1.807) is 6.08 Å². The van der Waals surface area contributed by atoms with Crippen molar-refractivity contribution in [2.45, 2.75) is 20.0 Å². The van der Waals surface area contributed by atoms with Gasteiger partial charge in [0.1, 0.15) is 0 Å². The van der Waals surface area contributed by atoms with Crippen LogP contribution in [0.3, 0.4) is 0 Å². The molecule has 3 rings (SSSR count). The van der Waals surface area contributed by atoms with Crippen LogP contribution >= 0.6 is 0 Å². The van der Waals surface area contributed by atoms with Crippen molar-refractivity contribution in [3.63, 3.8) is 0 Å². The Kier molecular flexibility index (Phi) is 4.42. The Hall–Kier alpha value is -2.61. The fraction of sp³-hybridized carbons (Fsp3) is 0.190. The number of hydrogen-bond acceptors (Lipinski definition) is 2. The van der Waals surface area contributed by atoms with Crippen LogP contribution in [0.1, 0.15) is 18.1 Å². The lowest BCUT2D eigenvalue weighted by molar-refractivity contribution is -0.120. The zero-order valence-electron chi connectivity index (χ0n) is 13.4. The molecule has 1 unspecified atom stereocenters. The molecule has 2 aromatic carbocycles. The SMILES string of the molecule is C=CC1C(=O)C(C)=C1N(Cc1ccccc1)Cc1ccccc1. The Balaban J connectivity index is 1.91. The molecule has 0 saturated heterocycles. The molecule has 2 heteroatoms. The van der Waals surface area contributed by atoms with Gasteiger partial charge >= 0.3 is 0 Å². The summed E-state index contributed by atoms with van der Waals surface area (Å²) in [5.74, 6) is 0.0311. The molecule has 116 valence electrons. The molecule has 0 aromatic heterocycles. The van der Waals surface area contributed by atoms with Gasteiger partial charge in [0.05, 0.1) is 5.92 Å². The van der Waals surface area contributed by atoms with E-state index in [1.807, 2.05) is 43.3 Å². The van der Waals surface area contributed by atoms with E-state index in [9.17, 15) is 4.79 Å². The largest absolute Gasteiger partial charge is 0.365 e. The number of nitrogens with zero attached hydrogens (tertiary/aromatic N) is 1. The highest BCUT2D eigenvalue weighted by Gasteiger charge is 2.37. The first kappa shape index (κ1) is 15.3. The van der Waals surface area contributed by atoms with E-state index < -0.39 is 0 Å². The fourth-order valence-electron chi connectivity index (χ4n) is 3.13. The highest BCUT2D eigenvalue weighted by molar-refractivity contribution is 6.07. The van der Waals surface area contributed by atoms with Gasteiger partial charge < -0.3 is 4.90 Å². The van der Waals surface area contributed by atoms with Crippen molar-refractivity contribution in [3.05, 3.63) is 95.7 Å². The molecule has 0 N–H and O–H groups in total. The zero-order valence-corrected chi connectivity index (χ0v) is 13.4. The maximum absolute atomic E-state index is 12.1. The minimum Gasteiger partial charge on any atom is -0.365 e. The first-order chi connectivity index (χ1) is 11.2. The van der Waals surface area contributed by atoms with Crippen LogP contribution < -0.4 is 0 Å². The van der Waals surface area contributed by atoms with E-state index in [1.165, 1.54) is 11.1 Å². The van der Waals surface area contributed by atoms with Crippen molar-refractivity contribution >= 4 is 5.78 Å². The molecule has 1 atom stereocenters. The molecule has 2 nitrogen and oxygen atoms in total. The number of carbonyl (C=O) groups is 1. The molecule has 0 radical (unpaired) electrons. The molecular weight excluding hydrogens is 282 g/mol. The Morgan fingerprint density at radius 3 is 1.87 bits per heavy atom. The smallest absolute Gasteiger partial charge is 0.173 e. The van der Waals surface area contributed by atoms with Gasteiger partial charge in [0.25, 0.3) is 0 Å². The maximum Gasteiger partial charge on any atom is 0.173 e. The van der Waals surface area contributed by atoms with Gasteiger partial charge in [-0.3, -0.25) is 4.79 Å². The Morgan fingerprint density at radius 1 is 0.957 bits per heavy atom. The van der Waals surface area contributed by atoms with Crippen LogP contribution in [0.25, 0.3) is 0 Å². The molecule has 23 heavy (non-hydrogen) atoms. The van der Waals surface area contributed by atoms with Gasteiger partial charge in [-0.15, -0.1) is 6.58 Å². The number of hydrogen-bond donors (Lipinski definition) is 0. The number of Topliss-reactive ketones (excluding diaryl/α,β-unsaturated/α-hetero) is 1. The third-order valence-corrected chi connectivity index (χ3v) is 4.34. The topological polar surface area (TPSA) is 20.3 Å². The first-order valence-corrected chi connectivity index (χ1v) is 7.91. The van der Waals surface area contributed by atoms with Gasteiger partial charge in [-0.05, 0) is 18.1 Å². The van der Waals surface area contributed by atoms with Crippen molar-refractivity contribution in [3.8, 4) is 0 Å². The molecule has 0 bridgehead atoms. The van der Waals surface area contributed by atoms with Crippen molar-refractivity contribution in [2.24, 2.45) is 5.92 Å². The van der Waals surface area contributed by atoms with Crippen LogP contribution in [-0.4, -0.2) is 10.7 Å². The summed E-state index contributed by atoms with van der Waals surface area (Å²) in [6.07, 6.45) is 1.76. The number of benzene rings is 2. The van der Waals surface area contributed by atoms with E-state index in [4.69, 9.17) is 0 Å². The van der Waals surface area contributed by atoms with Crippen LogP contribution in [0.2, 0.25) is 0 Å². The van der Waals surface area contributed by atoms with Gasteiger partial charge in [-0.1, -0.05) is 66.7 Å². The summed E-state index contributed by atoms with van der Waals surface area (Å²) in [6, 6.07) is 20.7. The monoisotopic (exact) mass is 303 g/mol. The minimum absolute atomic E-state index is 0.164. The summed E-state index contributed by atoms with van der Waals surface area (Å²) < 4.78 is 0. The van der Waals surface area contributed by atoms with Gasteiger partial charge in [-0.2, -0.15) is 0 Å². The normalized spacial score (nSPS) is 16.9. The lowest BCUT2D eigenvalue weighted by Crippen LogP contribution is -2.39. The predicted octanol–water partition coefficient (Wildman–Crippen LogP) is 4.35. The van der Waals surface area contributed by atoms with Crippen LogP contribution in [0.15, 0.2) is 84.6 Å². The lowest BCUT2D eigenvalue weighted by atomic mass is 9.80. The maximum atomic E-state index is 12.1. The van der Waals surface area contributed by atoms with E-state index in [2.05, 4.69) is 35.7 Å². The average Bonchev–Trinajstić information content (AvgIpc) is 2.60. The van der Waals surface area contributed by atoms with Crippen molar-refractivity contribution in [2.75, 3.05) is 0 Å². The molecule has 0 saturated carbocycles. The van der Waals surface area contributed by atoms with Gasteiger partial charge in [0.15, 0.2) is 5.78 Å². The van der Waals surface area contributed by atoms with Crippen LogP contribution in [-0.2, 0) is 17.9 Å². The third kappa shape index (κ3) is 3.11. The summed E-state index contributed by atoms with van der Waals surface area (Å²) in [7, 11) is 0. The highest BCUT2D eigenvalue weighted by Crippen LogP contribution is 2.36. The second-order valence-corrected chi connectivity index (χ2v) is 5.92. The lowest BCUT2D eigenvalue weighted by Gasteiger charge is -2.38. The molecular formula is C21H21NO. The van der Waals surface area contributed by atoms with Crippen LogP contribution in [0.5, 0.6) is 0 Å². The average molecular weight is 303 g/mol. The Morgan fingerprint density at radius 2 is 1.43 bits per heavy atom. The standard InChI is InChI=1S/C21H21NO/c1-3-19-20(16(2)21(19)23)22(14-17-10-6-4-7-11-17)15-18-12-8-5-9-13-18/h3-13,19H,1,14-15H2,2H3. The molecule has 0 fully saturated rings. The summed E-state index contributed by atoms with van der Waals surface area (Å²) in [5, 5.41) is 0. The first-order valence-electron chi connectivity index (χ1n) is 7.91. The van der Waals surface area contributed by atoms with E-state index in [0.29, 0.717) is 0 Å². The van der Waals surface area contributed by atoms with Crippen LogP contribution in [0, 0.1) is 5.92 Å². The van der Waals surface area contributed by atoms with Crippen molar-refractivity contribution in [1.82, 2.24) is 4.90 Å². The molecule has 1 aliphatic rings. The Labute approximate surface area is 137 Å². The minimum atomic E-state index is -0.164. The molecule has 0 aliphatic heterocycles. The second-order valence-electron chi connectivity index (χ2n) is 5.92. The van der Waals surface area contributed by atoms with E-state index in [0.717, 1.165) is 24.4 Å². The third-order valence-electron chi connectivity index (χ3n) is 4.34. The Bertz CT molecular complexity index is 689. The fourth-order valence-corrected chi connectivity index (χ4v) is 3.13. The number of carbonyl (C=O) groups excluding carboxylic acids is 1. The molecule has 2 aromatic rings. The molecule has 0 heterocycles. The summed E-state index contributed by atoms with van der Waals surface area (Å²) in [5.41, 5.74) is 4.45. The summed E-state index contributed by atoms with van der Waals surface area (Å²) in [6.45, 7) is 7.33. The van der Waals surface area contributed by atoms with Gasteiger partial charge in [0.2, 0.25) is 0 Å². The molecule has 1 aliphatic carbocycles. The highest BCUT2D eigenvalue weighted by atomic mass is 16.1. The van der Waals surface area contributed by atoms with E-state index >= 15 is 0 Å². The zero-order chi connectivity index (χ0) is 16.2. The van der Waals surface area contributed by atoms with Crippen molar-refractivity contribution < 1.29 is 4.79 Å². The number of rotatable bonds is 6.